The smallest absolute Gasteiger partial charge is 0.337 e. The summed E-state index contributed by atoms with van der Waals surface area (Å²) in [6.45, 7) is 0. The molecule has 3 N–H and O–H groups in total. The van der Waals surface area contributed by atoms with Crippen LogP contribution in [0.5, 0.6) is 0 Å². The van der Waals surface area contributed by atoms with Gasteiger partial charge in [-0.1, -0.05) is 0 Å². The first-order valence-electron chi connectivity index (χ1n) is 3.65. The van der Waals surface area contributed by atoms with Crippen LogP contribution >= 0.6 is 0 Å². The number of nitrogen functional groups attached to an aromatic ring is 1. The number of anilines is 1. The van der Waals surface area contributed by atoms with E-state index in [1.54, 1.807) is 0 Å². The van der Waals surface area contributed by atoms with E-state index in [0.29, 0.717) is 0 Å². The van der Waals surface area contributed by atoms with Gasteiger partial charge in [-0.2, -0.15) is 0 Å². The number of carbonyl (C=O) groups is 1. The molecule has 6 heteroatoms. The second kappa shape index (κ2) is 3.30. The molecule has 1 aromatic carbocycles. The molecule has 0 spiro atoms. The normalized spacial score (nSPS) is 11.2. The fraction of sp³-hybridized carbons (Fsp3) is 0.125. The van der Waals surface area contributed by atoms with Gasteiger partial charge in [0, 0.05) is 11.9 Å². The van der Waals surface area contributed by atoms with Gasteiger partial charge in [-0.3, -0.25) is 0 Å². The van der Waals surface area contributed by atoms with Crippen LogP contribution in [0, 0.1) is 0 Å². The van der Waals surface area contributed by atoms with E-state index >= 15 is 0 Å². The van der Waals surface area contributed by atoms with Gasteiger partial charge in [0.2, 0.25) is 0 Å². The second-order valence-electron chi connectivity index (χ2n) is 2.83. The Morgan fingerprint density at radius 1 is 1.43 bits per heavy atom. The highest BCUT2D eigenvalue weighted by Gasteiger charge is 2.17. The van der Waals surface area contributed by atoms with Gasteiger partial charge in [0.15, 0.2) is 9.84 Å². The molecule has 1 aromatic rings. The molecule has 1 rings (SSSR count). The molecule has 0 amide bonds. The third kappa shape index (κ3) is 2.02. The Kier molecular flexibility index (Phi) is 2.48. The van der Waals surface area contributed by atoms with E-state index in [9.17, 15) is 13.2 Å². The first-order chi connectivity index (χ1) is 6.32. The predicted molar refractivity (Wildman–Crippen MR) is 50.9 cm³/mol. The van der Waals surface area contributed by atoms with Crippen LogP contribution in [0.4, 0.5) is 5.69 Å². The average Bonchev–Trinajstić information content (AvgIpc) is 2.01. The molecule has 0 saturated carbocycles. The molecular weight excluding hydrogens is 206 g/mol. The molecule has 0 atom stereocenters. The Hall–Kier alpha value is -1.56. The zero-order valence-corrected chi connectivity index (χ0v) is 8.21. The van der Waals surface area contributed by atoms with Gasteiger partial charge in [0.05, 0.1) is 10.5 Å². The zero-order chi connectivity index (χ0) is 10.9. The molecule has 76 valence electrons. The number of carboxylic acids is 1. The lowest BCUT2D eigenvalue weighted by Gasteiger charge is -2.04. The SMILES string of the molecule is CS(=O)(=O)c1ccc(N)cc1C(=O)O. The van der Waals surface area contributed by atoms with Crippen LogP contribution in [0.25, 0.3) is 0 Å². The predicted octanol–water partition coefficient (Wildman–Crippen LogP) is 0.371. The first-order valence-corrected chi connectivity index (χ1v) is 5.54. The van der Waals surface area contributed by atoms with E-state index in [1.807, 2.05) is 0 Å². The summed E-state index contributed by atoms with van der Waals surface area (Å²) in [4.78, 5) is 10.5. The summed E-state index contributed by atoms with van der Waals surface area (Å²) >= 11 is 0. The van der Waals surface area contributed by atoms with E-state index in [-0.39, 0.29) is 16.1 Å². The summed E-state index contributed by atoms with van der Waals surface area (Å²) in [6, 6.07) is 3.66. The number of hydrogen-bond donors (Lipinski definition) is 2. The van der Waals surface area contributed by atoms with Crippen molar-refractivity contribution in [2.45, 2.75) is 4.90 Å². The summed E-state index contributed by atoms with van der Waals surface area (Å²) < 4.78 is 22.3. The highest BCUT2D eigenvalue weighted by molar-refractivity contribution is 7.90. The lowest BCUT2D eigenvalue weighted by molar-refractivity contribution is 0.0692. The number of nitrogens with two attached hydrogens (primary N) is 1. The van der Waals surface area contributed by atoms with Crippen molar-refractivity contribution in [2.75, 3.05) is 12.0 Å². The van der Waals surface area contributed by atoms with E-state index < -0.39 is 15.8 Å². The molecule has 0 radical (unpaired) electrons. The second-order valence-corrected chi connectivity index (χ2v) is 4.82. The molecule has 0 aliphatic carbocycles. The molecule has 14 heavy (non-hydrogen) atoms. The number of sulfone groups is 1. The van der Waals surface area contributed by atoms with Gasteiger partial charge < -0.3 is 10.8 Å². The maximum absolute atomic E-state index is 11.2. The van der Waals surface area contributed by atoms with Crippen LogP contribution in [0.15, 0.2) is 23.1 Å². The highest BCUT2D eigenvalue weighted by Crippen LogP contribution is 2.18. The van der Waals surface area contributed by atoms with Crippen molar-refractivity contribution in [2.24, 2.45) is 0 Å². The van der Waals surface area contributed by atoms with Crippen LogP contribution < -0.4 is 5.73 Å². The molecule has 0 bridgehead atoms. The van der Waals surface area contributed by atoms with Gasteiger partial charge in [0.25, 0.3) is 0 Å². The van der Waals surface area contributed by atoms with Gasteiger partial charge in [-0.15, -0.1) is 0 Å². The van der Waals surface area contributed by atoms with Gasteiger partial charge in [-0.05, 0) is 18.2 Å². The minimum atomic E-state index is -3.53. The topological polar surface area (TPSA) is 97.5 Å². The Balaban J connectivity index is 3.53. The van der Waals surface area contributed by atoms with Crippen molar-refractivity contribution in [1.82, 2.24) is 0 Å². The van der Waals surface area contributed by atoms with Crippen LogP contribution in [-0.4, -0.2) is 25.7 Å². The summed E-state index contributed by atoms with van der Waals surface area (Å²) in [5, 5.41) is 8.73. The maximum Gasteiger partial charge on any atom is 0.337 e. The molecule has 0 saturated heterocycles. The van der Waals surface area contributed by atoms with Crippen LogP contribution in [0.2, 0.25) is 0 Å². The molecule has 0 aromatic heterocycles. The fourth-order valence-corrected chi connectivity index (χ4v) is 1.90. The summed E-state index contributed by atoms with van der Waals surface area (Å²) in [7, 11) is -3.53. The van der Waals surface area contributed by atoms with Crippen LogP contribution in [0.3, 0.4) is 0 Å². The van der Waals surface area contributed by atoms with Gasteiger partial charge in [-0.25, -0.2) is 13.2 Å². The third-order valence-corrected chi connectivity index (χ3v) is 2.79. The minimum absolute atomic E-state index is 0.217. The standard InChI is InChI=1S/C8H9NO4S/c1-14(12,13)7-3-2-5(9)4-6(7)8(10)11/h2-4H,9H2,1H3,(H,10,11). The monoisotopic (exact) mass is 215 g/mol. The van der Waals surface area contributed by atoms with Crippen molar-refractivity contribution in [3.05, 3.63) is 23.8 Å². The summed E-state index contributed by atoms with van der Waals surface area (Å²) in [6.07, 6.45) is 0.949. The van der Waals surface area contributed by atoms with Crippen molar-refractivity contribution < 1.29 is 18.3 Å². The lowest BCUT2D eigenvalue weighted by Crippen LogP contribution is -2.08. The molecular formula is C8H9NO4S. The third-order valence-electron chi connectivity index (χ3n) is 1.63. The molecule has 0 unspecified atom stereocenters. The van der Waals surface area contributed by atoms with E-state index in [0.717, 1.165) is 12.3 Å². The van der Waals surface area contributed by atoms with Crippen LogP contribution in [-0.2, 0) is 9.84 Å². The largest absolute Gasteiger partial charge is 0.478 e. The van der Waals surface area contributed by atoms with Crippen molar-refractivity contribution in [3.8, 4) is 0 Å². The van der Waals surface area contributed by atoms with Gasteiger partial charge in [0.1, 0.15) is 0 Å². The number of benzene rings is 1. The van der Waals surface area contributed by atoms with E-state index in [4.69, 9.17) is 10.8 Å². The average molecular weight is 215 g/mol. The zero-order valence-electron chi connectivity index (χ0n) is 7.39. The number of hydrogen-bond acceptors (Lipinski definition) is 4. The molecule has 0 fully saturated rings. The van der Waals surface area contributed by atoms with E-state index in [2.05, 4.69) is 0 Å². The van der Waals surface area contributed by atoms with E-state index in [1.165, 1.54) is 12.1 Å². The number of rotatable bonds is 2. The Morgan fingerprint density at radius 2 is 2.00 bits per heavy atom. The van der Waals surface area contributed by atoms with Crippen molar-refractivity contribution >= 4 is 21.5 Å². The van der Waals surface area contributed by atoms with Crippen molar-refractivity contribution in [1.29, 1.82) is 0 Å². The number of aromatic carboxylic acids is 1. The molecule has 0 aliphatic heterocycles. The highest BCUT2D eigenvalue weighted by atomic mass is 32.2. The molecule has 0 aliphatic rings. The van der Waals surface area contributed by atoms with Crippen molar-refractivity contribution in [3.63, 3.8) is 0 Å². The Morgan fingerprint density at radius 3 is 2.43 bits per heavy atom. The minimum Gasteiger partial charge on any atom is -0.478 e. The Labute approximate surface area is 81.1 Å². The molecule has 5 nitrogen and oxygen atoms in total. The fourth-order valence-electron chi connectivity index (χ4n) is 1.04. The number of carboxylic acid groups (broad SMARTS) is 1. The summed E-state index contributed by atoms with van der Waals surface area (Å²) in [5.41, 5.74) is 5.27. The lowest BCUT2D eigenvalue weighted by atomic mass is 10.2. The summed E-state index contributed by atoms with van der Waals surface area (Å²) in [5.74, 6) is -1.31. The maximum atomic E-state index is 11.2. The quantitative estimate of drug-likeness (QED) is 0.694. The first kappa shape index (κ1) is 10.5. The molecule has 0 heterocycles. The van der Waals surface area contributed by atoms with Gasteiger partial charge >= 0.3 is 5.97 Å². The Bertz CT molecular complexity index is 478. The van der Waals surface area contributed by atoms with Crippen LogP contribution in [0.1, 0.15) is 10.4 Å².